The van der Waals surface area contributed by atoms with Crippen molar-refractivity contribution in [1.29, 1.82) is 0 Å². The maximum Gasteiger partial charge on any atom is 0.122 e. The molecule has 200 valence electrons. The summed E-state index contributed by atoms with van der Waals surface area (Å²) < 4.78 is 18.2. The fraction of sp³-hybridized carbons (Fsp3) is 0.529. The van der Waals surface area contributed by atoms with Crippen molar-refractivity contribution < 1.29 is 14.2 Å². The predicted octanol–water partition coefficient (Wildman–Crippen LogP) is 8.23. The highest BCUT2D eigenvalue weighted by molar-refractivity contribution is 5.48. The van der Waals surface area contributed by atoms with Crippen LogP contribution in [0.3, 0.4) is 0 Å². The Labute approximate surface area is 224 Å². The molecule has 2 aromatic carbocycles. The lowest BCUT2D eigenvalue weighted by molar-refractivity contribution is -0.133. The van der Waals surface area contributed by atoms with Gasteiger partial charge in [-0.2, -0.15) is 0 Å². The average Bonchev–Trinajstić information content (AvgIpc) is 2.85. The van der Waals surface area contributed by atoms with E-state index < -0.39 is 0 Å². The van der Waals surface area contributed by atoms with Crippen LogP contribution in [0, 0.1) is 10.8 Å². The predicted molar refractivity (Wildman–Crippen MR) is 154 cm³/mol. The van der Waals surface area contributed by atoms with Gasteiger partial charge in [0.05, 0.1) is 31.8 Å². The van der Waals surface area contributed by atoms with Gasteiger partial charge in [0.2, 0.25) is 0 Å². The van der Waals surface area contributed by atoms with Crippen molar-refractivity contribution in [2.24, 2.45) is 10.8 Å². The third kappa shape index (κ3) is 5.82. The van der Waals surface area contributed by atoms with Gasteiger partial charge >= 0.3 is 0 Å². The molecule has 1 aliphatic heterocycles. The molecule has 0 unspecified atom stereocenters. The van der Waals surface area contributed by atoms with Crippen LogP contribution in [-0.4, -0.2) is 26.4 Å². The van der Waals surface area contributed by atoms with Gasteiger partial charge < -0.3 is 14.2 Å². The molecule has 0 radical (unpaired) electrons. The minimum atomic E-state index is -0.173. The van der Waals surface area contributed by atoms with E-state index in [1.807, 2.05) is 12.2 Å². The fourth-order valence-electron chi connectivity index (χ4n) is 5.53. The van der Waals surface area contributed by atoms with Gasteiger partial charge in [-0.3, -0.25) is 0 Å². The monoisotopic (exact) mass is 502 g/mol. The average molecular weight is 503 g/mol. The van der Waals surface area contributed by atoms with E-state index in [0.29, 0.717) is 12.0 Å². The Kier molecular flexibility index (Phi) is 8.53. The van der Waals surface area contributed by atoms with Gasteiger partial charge in [0.15, 0.2) is 0 Å². The molecule has 1 heterocycles. The maximum atomic E-state index is 6.42. The molecule has 1 saturated carbocycles. The third-order valence-corrected chi connectivity index (χ3v) is 9.09. The van der Waals surface area contributed by atoms with E-state index in [1.165, 1.54) is 47.9 Å². The van der Waals surface area contributed by atoms with Gasteiger partial charge in [-0.15, -0.1) is 13.2 Å². The first-order valence-electron chi connectivity index (χ1n) is 14.1. The first-order valence-corrected chi connectivity index (χ1v) is 14.1. The zero-order valence-corrected chi connectivity index (χ0v) is 23.5. The van der Waals surface area contributed by atoms with E-state index in [1.54, 1.807) is 0 Å². The summed E-state index contributed by atoms with van der Waals surface area (Å²) in [5.74, 6) is 1.95. The van der Waals surface area contributed by atoms with Gasteiger partial charge in [-0.25, -0.2) is 0 Å². The lowest BCUT2D eigenvalue weighted by Gasteiger charge is -2.41. The summed E-state index contributed by atoms with van der Waals surface area (Å²) in [6.07, 6.45) is 11.7. The van der Waals surface area contributed by atoms with Crippen LogP contribution in [0.5, 0.6) is 11.5 Å². The Morgan fingerprint density at radius 2 is 1.30 bits per heavy atom. The number of ether oxygens (including phenoxy) is 3. The summed E-state index contributed by atoms with van der Waals surface area (Å²) in [7, 11) is 0. The summed E-state index contributed by atoms with van der Waals surface area (Å²) in [6.45, 7) is 20.2. The van der Waals surface area contributed by atoms with Crippen LogP contribution >= 0.6 is 0 Å². The molecule has 3 nitrogen and oxygen atoms in total. The largest absolute Gasteiger partial charge is 0.493 e. The van der Waals surface area contributed by atoms with Crippen LogP contribution in [0.1, 0.15) is 82.1 Å². The third-order valence-electron chi connectivity index (χ3n) is 9.09. The Bertz CT molecular complexity index is 992. The molecule has 2 aromatic rings. The molecule has 0 spiro atoms. The standard InChI is InChI=1S/C34H46O3/c1-7-12-26-20-28(14-16-30(26)36-24-33(9-3)18-11-19-33)32(5,6)29-15-17-31(27(21-29)13-8-2)37-25-34(10-4)22-35-23-34/h7-8,14-17,20-21H,1-2,9-13,18-19,22-25H2,3-6H3. The van der Waals surface area contributed by atoms with Gasteiger partial charge in [0.25, 0.3) is 0 Å². The molecular formula is C34H46O3. The van der Waals surface area contributed by atoms with Crippen molar-refractivity contribution >= 4 is 0 Å². The fourth-order valence-corrected chi connectivity index (χ4v) is 5.53. The highest BCUT2D eigenvalue weighted by atomic mass is 16.5. The zero-order chi connectivity index (χ0) is 26.5. The Morgan fingerprint density at radius 3 is 1.65 bits per heavy atom. The van der Waals surface area contributed by atoms with E-state index >= 15 is 0 Å². The molecule has 3 heteroatoms. The minimum absolute atomic E-state index is 0.157. The summed E-state index contributed by atoms with van der Waals surface area (Å²) in [5, 5.41) is 0. The summed E-state index contributed by atoms with van der Waals surface area (Å²) >= 11 is 0. The van der Waals surface area contributed by atoms with E-state index in [-0.39, 0.29) is 10.8 Å². The first kappa shape index (κ1) is 27.5. The second kappa shape index (κ2) is 11.5. The van der Waals surface area contributed by atoms with Gasteiger partial charge in [0.1, 0.15) is 11.5 Å². The first-order chi connectivity index (χ1) is 17.8. The number of hydrogen-bond donors (Lipinski definition) is 0. The van der Waals surface area contributed by atoms with E-state index in [0.717, 1.165) is 50.6 Å². The van der Waals surface area contributed by atoms with Crippen molar-refractivity contribution in [3.05, 3.63) is 84.0 Å². The second-order valence-electron chi connectivity index (χ2n) is 11.9. The maximum absolute atomic E-state index is 6.42. The lowest BCUT2D eigenvalue weighted by atomic mass is 9.68. The molecule has 0 atom stereocenters. The molecule has 0 bridgehead atoms. The number of hydrogen-bond acceptors (Lipinski definition) is 3. The highest BCUT2D eigenvalue weighted by Gasteiger charge is 2.38. The van der Waals surface area contributed by atoms with Crippen molar-refractivity contribution in [3.63, 3.8) is 0 Å². The number of benzene rings is 2. The quantitative estimate of drug-likeness (QED) is 0.244. The molecule has 0 aromatic heterocycles. The van der Waals surface area contributed by atoms with Crippen LogP contribution < -0.4 is 9.47 Å². The molecule has 1 aliphatic carbocycles. The Balaban J connectivity index is 1.56. The Morgan fingerprint density at radius 1 is 0.811 bits per heavy atom. The van der Waals surface area contributed by atoms with Crippen LogP contribution in [0.2, 0.25) is 0 Å². The SMILES string of the molecule is C=CCc1cc(C(C)(C)c2ccc(OCC3(CC)COC3)c(CC=C)c2)ccc1OCC1(CC)CCC1. The highest BCUT2D eigenvalue weighted by Crippen LogP contribution is 2.44. The summed E-state index contributed by atoms with van der Waals surface area (Å²) in [6, 6.07) is 13.4. The van der Waals surface area contributed by atoms with Crippen LogP contribution in [0.4, 0.5) is 0 Å². The molecular weight excluding hydrogens is 456 g/mol. The molecule has 37 heavy (non-hydrogen) atoms. The van der Waals surface area contributed by atoms with Gasteiger partial charge in [0, 0.05) is 10.8 Å². The molecule has 4 rings (SSSR count). The molecule has 1 saturated heterocycles. The van der Waals surface area contributed by atoms with E-state index in [2.05, 4.69) is 77.3 Å². The van der Waals surface area contributed by atoms with Crippen LogP contribution in [0.15, 0.2) is 61.7 Å². The van der Waals surface area contributed by atoms with E-state index in [4.69, 9.17) is 14.2 Å². The lowest BCUT2D eigenvalue weighted by Crippen LogP contribution is -2.46. The topological polar surface area (TPSA) is 27.7 Å². The molecule has 0 N–H and O–H groups in total. The summed E-state index contributed by atoms with van der Waals surface area (Å²) in [4.78, 5) is 0. The van der Waals surface area contributed by atoms with Crippen LogP contribution in [-0.2, 0) is 23.0 Å². The normalized spacial score (nSPS) is 17.8. The van der Waals surface area contributed by atoms with Crippen LogP contribution in [0.25, 0.3) is 0 Å². The van der Waals surface area contributed by atoms with Crippen molar-refractivity contribution in [3.8, 4) is 11.5 Å². The van der Waals surface area contributed by atoms with Gasteiger partial charge in [-0.1, -0.05) is 70.5 Å². The molecule has 0 amide bonds. The molecule has 2 fully saturated rings. The summed E-state index contributed by atoms with van der Waals surface area (Å²) in [5.41, 5.74) is 5.30. The van der Waals surface area contributed by atoms with Crippen molar-refractivity contribution in [2.45, 2.75) is 78.1 Å². The van der Waals surface area contributed by atoms with Crippen molar-refractivity contribution in [2.75, 3.05) is 26.4 Å². The van der Waals surface area contributed by atoms with Gasteiger partial charge in [-0.05, 0) is 72.9 Å². The smallest absolute Gasteiger partial charge is 0.122 e. The Hall–Kier alpha value is -2.52. The van der Waals surface area contributed by atoms with E-state index in [9.17, 15) is 0 Å². The minimum Gasteiger partial charge on any atom is -0.493 e. The number of rotatable bonds is 14. The second-order valence-corrected chi connectivity index (χ2v) is 11.9. The number of allylic oxidation sites excluding steroid dienone is 2. The molecule has 2 aliphatic rings. The van der Waals surface area contributed by atoms with Crippen molar-refractivity contribution in [1.82, 2.24) is 0 Å². The zero-order valence-electron chi connectivity index (χ0n) is 23.5.